The van der Waals surface area contributed by atoms with Crippen molar-refractivity contribution < 1.29 is 9.53 Å². The first-order valence-corrected chi connectivity index (χ1v) is 7.00. The van der Waals surface area contributed by atoms with Crippen LogP contribution in [0.25, 0.3) is 5.82 Å². The Morgan fingerprint density at radius 2 is 2.29 bits per heavy atom. The molecule has 0 spiro atoms. The molecular formula is C14H17N5O2. The van der Waals surface area contributed by atoms with Crippen LogP contribution in [-0.4, -0.2) is 39.4 Å². The second-order valence-electron chi connectivity index (χ2n) is 4.89. The molecule has 1 saturated carbocycles. The molecule has 0 radical (unpaired) electrons. The van der Waals surface area contributed by atoms with Crippen LogP contribution < -0.4 is 5.32 Å². The maximum Gasteiger partial charge on any atom is 0.341 e. The standard InChI is InChI=1S/C14H17N5O2/c1-3-21-14(20)10-7-16-19(8-10)12-6-11(15-2)17-13(18-12)9-4-5-9/h6-9H,3-5H2,1-2H3,(H,15,17,18). The van der Waals surface area contributed by atoms with Crippen LogP contribution in [0.5, 0.6) is 0 Å². The summed E-state index contributed by atoms with van der Waals surface area (Å²) in [5.41, 5.74) is 0.412. The van der Waals surface area contributed by atoms with E-state index in [1.165, 1.54) is 6.20 Å². The van der Waals surface area contributed by atoms with Gasteiger partial charge >= 0.3 is 5.97 Å². The number of nitrogens with one attached hydrogen (secondary N) is 1. The molecule has 0 unspecified atom stereocenters. The third kappa shape index (κ3) is 2.86. The molecule has 2 aromatic rings. The molecule has 2 aromatic heterocycles. The largest absolute Gasteiger partial charge is 0.462 e. The van der Waals surface area contributed by atoms with E-state index in [0.717, 1.165) is 24.5 Å². The zero-order valence-corrected chi connectivity index (χ0v) is 12.0. The molecule has 0 atom stereocenters. The number of esters is 1. The number of nitrogens with zero attached hydrogens (tertiary/aromatic N) is 4. The molecule has 7 heteroatoms. The summed E-state index contributed by atoms with van der Waals surface area (Å²) < 4.78 is 6.53. The molecule has 1 N–H and O–H groups in total. The predicted molar refractivity (Wildman–Crippen MR) is 76.6 cm³/mol. The molecule has 1 aliphatic rings. The van der Waals surface area contributed by atoms with Crippen molar-refractivity contribution in [2.75, 3.05) is 19.0 Å². The zero-order valence-electron chi connectivity index (χ0n) is 12.0. The Balaban J connectivity index is 1.92. The van der Waals surface area contributed by atoms with E-state index in [1.54, 1.807) is 23.9 Å². The molecule has 110 valence electrons. The van der Waals surface area contributed by atoms with Gasteiger partial charge in [-0.1, -0.05) is 0 Å². The van der Waals surface area contributed by atoms with Gasteiger partial charge in [0.1, 0.15) is 11.6 Å². The Morgan fingerprint density at radius 3 is 2.95 bits per heavy atom. The van der Waals surface area contributed by atoms with Gasteiger partial charge in [0.25, 0.3) is 0 Å². The smallest absolute Gasteiger partial charge is 0.341 e. The molecule has 0 saturated heterocycles. The molecule has 0 aliphatic heterocycles. The minimum atomic E-state index is -0.380. The normalized spacial score (nSPS) is 14.0. The van der Waals surface area contributed by atoms with E-state index in [9.17, 15) is 4.79 Å². The number of carbonyl (C=O) groups excluding carboxylic acids is 1. The number of rotatable bonds is 5. The number of carbonyl (C=O) groups is 1. The van der Waals surface area contributed by atoms with Gasteiger partial charge in [-0.05, 0) is 19.8 Å². The molecule has 7 nitrogen and oxygen atoms in total. The van der Waals surface area contributed by atoms with E-state index in [2.05, 4.69) is 20.4 Å². The summed E-state index contributed by atoms with van der Waals surface area (Å²) in [6, 6.07) is 1.80. The molecule has 1 fully saturated rings. The predicted octanol–water partition coefficient (Wildman–Crippen LogP) is 1.76. The van der Waals surface area contributed by atoms with E-state index in [-0.39, 0.29) is 5.97 Å². The lowest BCUT2D eigenvalue weighted by Crippen LogP contribution is -2.06. The Kier molecular flexibility index (Phi) is 3.55. The summed E-state index contributed by atoms with van der Waals surface area (Å²) in [7, 11) is 1.82. The fourth-order valence-corrected chi connectivity index (χ4v) is 1.99. The summed E-state index contributed by atoms with van der Waals surface area (Å²) in [4.78, 5) is 20.7. The first-order valence-electron chi connectivity index (χ1n) is 7.00. The van der Waals surface area contributed by atoms with Gasteiger partial charge < -0.3 is 10.1 Å². The third-order valence-corrected chi connectivity index (χ3v) is 3.26. The minimum Gasteiger partial charge on any atom is -0.462 e. The second-order valence-corrected chi connectivity index (χ2v) is 4.89. The maximum atomic E-state index is 11.7. The molecule has 0 amide bonds. The van der Waals surface area contributed by atoms with Gasteiger partial charge in [0.2, 0.25) is 0 Å². The van der Waals surface area contributed by atoms with Gasteiger partial charge in [-0.2, -0.15) is 5.10 Å². The fourth-order valence-electron chi connectivity index (χ4n) is 1.99. The molecule has 3 rings (SSSR count). The average Bonchev–Trinajstić information content (AvgIpc) is 3.23. The van der Waals surface area contributed by atoms with Crippen LogP contribution in [0.2, 0.25) is 0 Å². The zero-order chi connectivity index (χ0) is 14.8. The van der Waals surface area contributed by atoms with Crippen molar-refractivity contribution >= 4 is 11.8 Å². The van der Waals surface area contributed by atoms with E-state index in [4.69, 9.17) is 4.74 Å². The lowest BCUT2D eigenvalue weighted by atomic mass is 10.3. The lowest BCUT2D eigenvalue weighted by Gasteiger charge is -2.07. The van der Waals surface area contributed by atoms with Crippen molar-refractivity contribution in [3.8, 4) is 5.82 Å². The molecule has 21 heavy (non-hydrogen) atoms. The quantitative estimate of drug-likeness (QED) is 0.844. The van der Waals surface area contributed by atoms with Crippen LogP contribution in [0.3, 0.4) is 0 Å². The number of hydrogen-bond acceptors (Lipinski definition) is 6. The summed E-state index contributed by atoms with van der Waals surface area (Å²) in [6.45, 7) is 2.11. The second kappa shape index (κ2) is 5.51. The lowest BCUT2D eigenvalue weighted by molar-refractivity contribution is 0.0526. The van der Waals surface area contributed by atoms with Crippen LogP contribution >= 0.6 is 0 Å². The van der Waals surface area contributed by atoms with E-state index in [0.29, 0.717) is 23.9 Å². The number of hydrogen-bond donors (Lipinski definition) is 1. The highest BCUT2D eigenvalue weighted by Gasteiger charge is 2.27. The first kappa shape index (κ1) is 13.5. The van der Waals surface area contributed by atoms with Crippen molar-refractivity contribution in [3.63, 3.8) is 0 Å². The summed E-state index contributed by atoms with van der Waals surface area (Å²) in [5, 5.41) is 7.21. The third-order valence-electron chi connectivity index (χ3n) is 3.26. The Labute approximate surface area is 122 Å². The van der Waals surface area contributed by atoms with Gasteiger partial charge in [0, 0.05) is 25.2 Å². The average molecular weight is 287 g/mol. The minimum absolute atomic E-state index is 0.341. The Morgan fingerprint density at radius 1 is 1.48 bits per heavy atom. The van der Waals surface area contributed by atoms with E-state index in [1.807, 2.05) is 7.05 Å². The van der Waals surface area contributed by atoms with Crippen LogP contribution in [-0.2, 0) is 4.74 Å². The van der Waals surface area contributed by atoms with Gasteiger partial charge in [-0.25, -0.2) is 19.4 Å². The molecule has 2 heterocycles. The van der Waals surface area contributed by atoms with Crippen molar-refractivity contribution in [1.82, 2.24) is 19.7 Å². The number of anilines is 1. The molecule has 0 aromatic carbocycles. The summed E-state index contributed by atoms with van der Waals surface area (Å²) >= 11 is 0. The fraction of sp³-hybridized carbons (Fsp3) is 0.429. The van der Waals surface area contributed by atoms with Crippen LogP contribution in [0.15, 0.2) is 18.5 Å². The SMILES string of the molecule is CCOC(=O)c1cnn(-c2cc(NC)nc(C3CC3)n2)c1. The summed E-state index contributed by atoms with van der Waals surface area (Å²) in [5.74, 6) is 2.28. The Hall–Kier alpha value is -2.44. The summed E-state index contributed by atoms with van der Waals surface area (Å²) in [6.07, 6.45) is 5.35. The molecular weight excluding hydrogens is 270 g/mol. The highest BCUT2D eigenvalue weighted by Crippen LogP contribution is 2.38. The molecule has 0 bridgehead atoms. The van der Waals surface area contributed by atoms with Gasteiger partial charge in [0.15, 0.2) is 5.82 Å². The monoisotopic (exact) mass is 287 g/mol. The van der Waals surface area contributed by atoms with Gasteiger partial charge in [0.05, 0.1) is 18.4 Å². The number of aromatic nitrogens is 4. The molecule has 1 aliphatic carbocycles. The van der Waals surface area contributed by atoms with Crippen molar-refractivity contribution in [1.29, 1.82) is 0 Å². The van der Waals surface area contributed by atoms with Gasteiger partial charge in [-0.3, -0.25) is 0 Å². The number of ether oxygens (including phenoxy) is 1. The maximum absolute atomic E-state index is 11.7. The first-order chi connectivity index (χ1) is 10.2. The Bertz CT molecular complexity index is 663. The van der Waals surface area contributed by atoms with Crippen LogP contribution in [0.4, 0.5) is 5.82 Å². The van der Waals surface area contributed by atoms with Crippen molar-refractivity contribution in [3.05, 3.63) is 29.8 Å². The topological polar surface area (TPSA) is 81.9 Å². The highest BCUT2D eigenvalue weighted by atomic mass is 16.5. The van der Waals surface area contributed by atoms with Gasteiger partial charge in [-0.15, -0.1) is 0 Å². The van der Waals surface area contributed by atoms with Crippen LogP contribution in [0.1, 0.15) is 41.9 Å². The van der Waals surface area contributed by atoms with E-state index >= 15 is 0 Å². The van der Waals surface area contributed by atoms with E-state index < -0.39 is 0 Å². The highest BCUT2D eigenvalue weighted by molar-refractivity contribution is 5.88. The van der Waals surface area contributed by atoms with Crippen molar-refractivity contribution in [2.24, 2.45) is 0 Å². The van der Waals surface area contributed by atoms with Crippen LogP contribution in [0, 0.1) is 0 Å². The van der Waals surface area contributed by atoms with Crippen molar-refractivity contribution in [2.45, 2.75) is 25.7 Å².